The summed E-state index contributed by atoms with van der Waals surface area (Å²) < 4.78 is 0. The van der Waals surface area contributed by atoms with Crippen molar-refractivity contribution < 1.29 is 58.2 Å². The first-order valence-electron chi connectivity index (χ1n) is 27.9. The Kier molecular flexibility index (Phi) is 34.8. The molecule has 1 aromatic rings. The number of nitrogens with two attached hydrogens (primary N) is 3. The number of hydrogen-bond donors (Lipinski definition) is 15. The van der Waals surface area contributed by atoms with Crippen molar-refractivity contribution in [3.05, 3.63) is 35.9 Å². The fourth-order valence-electron chi connectivity index (χ4n) is 8.55. The monoisotopic (exact) mass is 1110 g/mol. The smallest absolute Gasteiger partial charge is 0.326 e. The van der Waals surface area contributed by atoms with Crippen molar-refractivity contribution in [3.63, 3.8) is 0 Å². The van der Waals surface area contributed by atoms with E-state index in [0.29, 0.717) is 44.3 Å². The number of aliphatic carboxylic acids is 2. The van der Waals surface area contributed by atoms with Gasteiger partial charge in [0, 0.05) is 19.5 Å². The van der Waals surface area contributed by atoms with Crippen molar-refractivity contribution >= 4 is 65.2 Å². The van der Waals surface area contributed by atoms with E-state index in [1.54, 1.807) is 30.3 Å². The van der Waals surface area contributed by atoms with Crippen LogP contribution in [-0.2, 0) is 54.4 Å². The summed E-state index contributed by atoms with van der Waals surface area (Å²) >= 11 is 0. The quantitative estimate of drug-likeness (QED) is 0.0169. The molecule has 1 heterocycles. The van der Waals surface area contributed by atoms with E-state index in [9.17, 15) is 58.2 Å². The molecule has 8 amide bonds. The van der Waals surface area contributed by atoms with Crippen molar-refractivity contribution in [1.29, 1.82) is 0 Å². The zero-order valence-corrected chi connectivity index (χ0v) is 46.2. The van der Waals surface area contributed by atoms with Crippen LogP contribution in [0.2, 0.25) is 0 Å². The number of carboxylic acids is 2. The van der Waals surface area contributed by atoms with Crippen LogP contribution < -0.4 is 70.6 Å². The predicted octanol–water partition coefficient (Wildman–Crippen LogP) is -0.520. The molecule has 444 valence electrons. The highest BCUT2D eigenvalue weighted by Gasteiger charge is 2.32. The molecular weight excluding hydrogens is 1020 g/mol. The predicted molar refractivity (Wildman–Crippen MR) is 296 cm³/mol. The average Bonchev–Trinajstić information content (AvgIpc) is 3.96. The Morgan fingerprint density at radius 2 is 1.22 bits per heavy atom. The number of aliphatic imine (C=N–C) groups is 1. The zero-order valence-electron chi connectivity index (χ0n) is 46.2. The number of rotatable bonds is 43. The van der Waals surface area contributed by atoms with Gasteiger partial charge in [-0.15, -0.1) is 0 Å². The summed E-state index contributed by atoms with van der Waals surface area (Å²) in [5.41, 5.74) is 22.2. The fourth-order valence-corrected chi connectivity index (χ4v) is 8.55. The zero-order chi connectivity index (χ0) is 58.4. The first kappa shape index (κ1) is 68.2. The van der Waals surface area contributed by atoms with Crippen molar-refractivity contribution in [2.24, 2.45) is 22.2 Å². The normalized spacial score (nSPS) is 15.1. The number of carboxylic acid groups (broad SMARTS) is 2. The topological polar surface area (TPSA) is 422 Å². The van der Waals surface area contributed by atoms with E-state index in [1.165, 1.54) is 51.9 Å². The molecular formula is C53H90N14O12. The van der Waals surface area contributed by atoms with Gasteiger partial charge in [0.15, 0.2) is 5.96 Å². The molecule has 79 heavy (non-hydrogen) atoms. The molecule has 0 saturated carbocycles. The highest BCUT2D eigenvalue weighted by Crippen LogP contribution is 2.13. The molecule has 26 heteroatoms. The van der Waals surface area contributed by atoms with E-state index >= 15 is 0 Å². The maximum Gasteiger partial charge on any atom is 0.326 e. The fraction of sp³-hybridized carbons (Fsp3) is 0.679. The Balaban J connectivity index is 2.20. The molecule has 0 radical (unpaired) electrons. The SMILES string of the molecule is CCCCCCCCCCCCCCNC(=O)[C@H](CC(=O)NN[C@@H](CCCN=C(N)N)C(=O)NCC(=O)N[C@@H](CC(=O)O)C(=O)N[C@@H](Cc1ccccc1)C(=O)O)NC(=O)[C@H](CCCCN)NC(=O)[C@H](C)NC(=O)[C@@H]1CCCN1. The van der Waals surface area contributed by atoms with E-state index in [1.807, 2.05) is 0 Å². The molecule has 0 aromatic heterocycles. The Bertz CT molecular complexity index is 2090. The lowest BCUT2D eigenvalue weighted by atomic mass is 10.1. The van der Waals surface area contributed by atoms with Crippen LogP contribution in [0.1, 0.15) is 154 Å². The first-order valence-corrected chi connectivity index (χ1v) is 27.9. The van der Waals surface area contributed by atoms with Gasteiger partial charge in [-0.1, -0.05) is 108 Å². The molecule has 1 aliphatic rings. The number of amides is 8. The Labute approximate surface area is 463 Å². The first-order chi connectivity index (χ1) is 37.8. The van der Waals surface area contributed by atoms with E-state index in [2.05, 4.69) is 65.3 Å². The van der Waals surface area contributed by atoms with Crippen molar-refractivity contribution in [3.8, 4) is 0 Å². The van der Waals surface area contributed by atoms with Gasteiger partial charge in [0.05, 0.1) is 25.4 Å². The summed E-state index contributed by atoms with van der Waals surface area (Å²) in [6, 6.07) is -0.306. The molecule has 0 spiro atoms. The van der Waals surface area contributed by atoms with E-state index in [4.69, 9.17) is 17.2 Å². The number of carbonyl (C=O) groups is 10. The second-order valence-corrected chi connectivity index (χ2v) is 19.9. The minimum Gasteiger partial charge on any atom is -0.481 e. The molecule has 1 fully saturated rings. The third-order valence-corrected chi connectivity index (χ3v) is 13.1. The number of hydrazine groups is 1. The van der Waals surface area contributed by atoms with Crippen LogP contribution in [0.4, 0.5) is 0 Å². The van der Waals surface area contributed by atoms with E-state index < -0.39 is 115 Å². The molecule has 0 unspecified atom stereocenters. The van der Waals surface area contributed by atoms with Gasteiger partial charge in [0.1, 0.15) is 36.3 Å². The molecule has 1 saturated heterocycles. The maximum absolute atomic E-state index is 14.0. The largest absolute Gasteiger partial charge is 0.481 e. The second-order valence-electron chi connectivity index (χ2n) is 19.9. The van der Waals surface area contributed by atoms with Crippen molar-refractivity contribution in [1.82, 2.24) is 53.4 Å². The standard InChI is InChI=1S/C53H90N14O12/c1-3-4-5-6-7-8-9-10-11-12-13-19-28-58-48(74)40(64-50(76)38(24-17-18-27-54)63-46(72)35(2)61-49(75)37-25-20-29-57-37)32-43(68)67-66-39(26-21-30-59-53(55)56)47(73)60-34-44(69)62-41(33-45(70)71)51(77)65-42(52(78)79)31-36-22-15-14-16-23-36/h14-16,22-23,35,37-42,57,66H,3-13,17-21,24-34,54H2,1-2H3,(H,58,74)(H,60,73)(H,61,75)(H,62,69)(H,63,72)(H,64,76)(H,65,77)(H,67,68)(H,70,71)(H,78,79)(H4,55,56,59)/t35-,37-,38-,39-,40-,41-,42-/m0/s1. The third kappa shape index (κ3) is 30.7. The van der Waals surface area contributed by atoms with E-state index in [-0.39, 0.29) is 50.6 Å². The lowest BCUT2D eigenvalue weighted by molar-refractivity contribution is -0.143. The molecule has 2 rings (SSSR count). The summed E-state index contributed by atoms with van der Waals surface area (Å²) in [7, 11) is 0. The van der Waals surface area contributed by atoms with Crippen molar-refractivity contribution in [2.75, 3.05) is 32.7 Å². The van der Waals surface area contributed by atoms with Gasteiger partial charge in [0.25, 0.3) is 0 Å². The lowest BCUT2D eigenvalue weighted by Gasteiger charge is -2.25. The van der Waals surface area contributed by atoms with Gasteiger partial charge in [-0.05, 0) is 76.9 Å². The van der Waals surface area contributed by atoms with Crippen LogP contribution in [0.5, 0.6) is 0 Å². The number of carbonyl (C=O) groups excluding carboxylic acids is 8. The van der Waals surface area contributed by atoms with Crippen LogP contribution in [0, 0.1) is 0 Å². The molecule has 1 aliphatic heterocycles. The summed E-state index contributed by atoms with van der Waals surface area (Å²) in [4.78, 5) is 135. The number of benzene rings is 1. The Hall–Kier alpha value is -6.93. The minimum absolute atomic E-state index is 0.0491. The van der Waals surface area contributed by atoms with Crippen LogP contribution in [-0.4, -0.2) is 150 Å². The maximum atomic E-state index is 14.0. The number of guanidine groups is 1. The average molecular weight is 1120 g/mol. The summed E-state index contributed by atoms with van der Waals surface area (Å²) in [5, 5.41) is 39.9. The third-order valence-electron chi connectivity index (χ3n) is 13.1. The van der Waals surface area contributed by atoms with E-state index in [0.717, 1.165) is 32.1 Å². The molecule has 1 aromatic carbocycles. The molecule has 7 atom stereocenters. The van der Waals surface area contributed by atoms with Crippen LogP contribution in [0.25, 0.3) is 0 Å². The second kappa shape index (κ2) is 40.3. The summed E-state index contributed by atoms with van der Waals surface area (Å²) in [6.45, 7) is 4.15. The molecule has 0 aliphatic carbocycles. The number of nitrogens with zero attached hydrogens (tertiary/aromatic N) is 1. The van der Waals surface area contributed by atoms with Crippen LogP contribution in [0.3, 0.4) is 0 Å². The highest BCUT2D eigenvalue weighted by molar-refractivity contribution is 5.97. The summed E-state index contributed by atoms with van der Waals surface area (Å²) in [6.07, 6.45) is 14.1. The Morgan fingerprint density at radius 3 is 1.81 bits per heavy atom. The van der Waals surface area contributed by atoms with Gasteiger partial charge < -0.3 is 69.9 Å². The molecule has 0 bridgehead atoms. The number of unbranched alkanes of at least 4 members (excludes halogenated alkanes) is 12. The van der Waals surface area contributed by atoms with Crippen LogP contribution >= 0.6 is 0 Å². The minimum atomic E-state index is -1.74. The highest BCUT2D eigenvalue weighted by atomic mass is 16.4. The van der Waals surface area contributed by atoms with Gasteiger partial charge in [-0.2, -0.15) is 0 Å². The number of hydrogen-bond acceptors (Lipinski definition) is 14. The molecule has 26 nitrogen and oxygen atoms in total. The van der Waals surface area contributed by atoms with Gasteiger partial charge in [-0.3, -0.25) is 53.6 Å². The number of nitrogens with one attached hydrogen (secondary N) is 10. The van der Waals surface area contributed by atoms with Crippen molar-refractivity contribution in [2.45, 2.75) is 197 Å². The van der Waals surface area contributed by atoms with Crippen LogP contribution in [0.15, 0.2) is 35.3 Å². The lowest BCUT2D eigenvalue weighted by Crippen LogP contribution is -2.58. The van der Waals surface area contributed by atoms with Gasteiger partial charge in [-0.25, -0.2) is 10.2 Å². The van der Waals surface area contributed by atoms with Gasteiger partial charge in [0.2, 0.25) is 47.3 Å². The molecule has 18 N–H and O–H groups in total. The Morgan fingerprint density at radius 1 is 0.633 bits per heavy atom. The summed E-state index contributed by atoms with van der Waals surface area (Å²) in [5.74, 6) is -9.42. The van der Waals surface area contributed by atoms with Gasteiger partial charge >= 0.3 is 11.9 Å².